The number of hydrazine groups is 1. The Hall–Kier alpha value is -2.27. The van der Waals surface area contributed by atoms with E-state index in [4.69, 9.17) is 5.84 Å². The molecule has 1 heterocycles. The molecular formula is C15H21N5. The molecule has 0 aliphatic rings. The number of anilines is 4. The second-order valence-corrected chi connectivity index (χ2v) is 4.40. The molecule has 0 atom stereocenters. The summed E-state index contributed by atoms with van der Waals surface area (Å²) < 4.78 is 0. The molecule has 5 nitrogen and oxygen atoms in total. The Labute approximate surface area is 119 Å². The second-order valence-electron chi connectivity index (χ2n) is 4.40. The molecule has 106 valence electrons. The Morgan fingerprint density at radius 3 is 2.25 bits per heavy atom. The van der Waals surface area contributed by atoms with Crippen LogP contribution in [0, 0.1) is 0 Å². The number of hydrogen-bond donors (Lipinski definition) is 3. The number of rotatable bonds is 6. The number of aromatic nitrogens is 1. The molecule has 5 heteroatoms. The Bertz CT molecular complexity index is 534. The van der Waals surface area contributed by atoms with Gasteiger partial charge in [-0.1, -0.05) is 6.07 Å². The van der Waals surface area contributed by atoms with Gasteiger partial charge in [-0.05, 0) is 50.2 Å². The van der Waals surface area contributed by atoms with Crippen LogP contribution in [0.15, 0.2) is 42.5 Å². The fourth-order valence-corrected chi connectivity index (χ4v) is 2.08. The zero-order valence-corrected chi connectivity index (χ0v) is 11.9. The lowest BCUT2D eigenvalue weighted by molar-refractivity contribution is 0.866. The summed E-state index contributed by atoms with van der Waals surface area (Å²) in [7, 11) is 0. The third kappa shape index (κ3) is 3.39. The van der Waals surface area contributed by atoms with Crippen molar-refractivity contribution < 1.29 is 0 Å². The van der Waals surface area contributed by atoms with E-state index in [1.165, 1.54) is 5.69 Å². The van der Waals surface area contributed by atoms with Crippen LogP contribution in [0.3, 0.4) is 0 Å². The van der Waals surface area contributed by atoms with Gasteiger partial charge in [-0.15, -0.1) is 0 Å². The molecule has 0 radical (unpaired) electrons. The highest BCUT2D eigenvalue weighted by Crippen LogP contribution is 2.20. The van der Waals surface area contributed by atoms with Gasteiger partial charge >= 0.3 is 0 Å². The zero-order chi connectivity index (χ0) is 14.4. The van der Waals surface area contributed by atoms with Crippen molar-refractivity contribution in [2.24, 2.45) is 5.84 Å². The van der Waals surface area contributed by atoms with Gasteiger partial charge in [0.05, 0.1) is 0 Å². The van der Waals surface area contributed by atoms with Gasteiger partial charge in [0.15, 0.2) is 0 Å². The summed E-state index contributed by atoms with van der Waals surface area (Å²) in [6.07, 6.45) is 0. The van der Waals surface area contributed by atoms with Crippen LogP contribution < -0.4 is 21.5 Å². The smallest absolute Gasteiger partial charge is 0.142 e. The molecule has 0 aliphatic carbocycles. The number of benzene rings is 1. The van der Waals surface area contributed by atoms with Crippen molar-refractivity contribution in [3.8, 4) is 0 Å². The first-order valence-corrected chi connectivity index (χ1v) is 6.82. The Morgan fingerprint density at radius 1 is 1.00 bits per heavy atom. The summed E-state index contributed by atoms with van der Waals surface area (Å²) in [5.74, 6) is 6.74. The summed E-state index contributed by atoms with van der Waals surface area (Å²) in [5, 5.41) is 3.26. The van der Waals surface area contributed by atoms with Gasteiger partial charge in [-0.25, -0.2) is 10.8 Å². The molecule has 0 spiro atoms. The van der Waals surface area contributed by atoms with E-state index in [1.54, 1.807) is 0 Å². The first-order valence-electron chi connectivity index (χ1n) is 6.82. The molecule has 0 saturated heterocycles. The van der Waals surface area contributed by atoms with Crippen molar-refractivity contribution in [3.05, 3.63) is 42.5 Å². The normalized spacial score (nSPS) is 10.2. The molecular weight excluding hydrogens is 250 g/mol. The summed E-state index contributed by atoms with van der Waals surface area (Å²) >= 11 is 0. The monoisotopic (exact) mass is 271 g/mol. The number of pyridine rings is 1. The first-order chi connectivity index (χ1) is 9.76. The lowest BCUT2D eigenvalue weighted by atomic mass is 10.2. The van der Waals surface area contributed by atoms with Crippen LogP contribution >= 0.6 is 0 Å². The number of nitrogens with zero attached hydrogens (tertiary/aromatic N) is 2. The molecule has 20 heavy (non-hydrogen) atoms. The highest BCUT2D eigenvalue weighted by molar-refractivity contribution is 5.61. The van der Waals surface area contributed by atoms with E-state index in [1.807, 2.05) is 18.2 Å². The van der Waals surface area contributed by atoms with Gasteiger partial charge in [0.2, 0.25) is 0 Å². The lowest BCUT2D eigenvalue weighted by Crippen LogP contribution is -2.21. The zero-order valence-electron chi connectivity index (χ0n) is 11.9. The second kappa shape index (κ2) is 6.77. The van der Waals surface area contributed by atoms with Crippen LogP contribution in [-0.4, -0.2) is 18.1 Å². The van der Waals surface area contributed by atoms with Gasteiger partial charge in [0, 0.05) is 24.5 Å². The summed E-state index contributed by atoms with van der Waals surface area (Å²) in [4.78, 5) is 6.63. The molecule has 0 unspecified atom stereocenters. The molecule has 2 aromatic rings. The van der Waals surface area contributed by atoms with Crippen LogP contribution in [0.25, 0.3) is 0 Å². The van der Waals surface area contributed by atoms with E-state index in [0.717, 1.165) is 24.6 Å². The maximum absolute atomic E-state index is 5.35. The fraction of sp³-hybridized carbons (Fsp3) is 0.267. The summed E-state index contributed by atoms with van der Waals surface area (Å²) in [5.41, 5.74) is 4.76. The molecule has 0 amide bonds. The molecule has 0 saturated carbocycles. The van der Waals surface area contributed by atoms with Crippen molar-refractivity contribution in [1.82, 2.24) is 4.98 Å². The topological polar surface area (TPSA) is 66.2 Å². The average Bonchev–Trinajstić information content (AvgIpc) is 2.50. The minimum atomic E-state index is 0.634. The van der Waals surface area contributed by atoms with E-state index in [9.17, 15) is 0 Å². The molecule has 2 rings (SSSR count). The quantitative estimate of drug-likeness (QED) is 0.557. The average molecular weight is 271 g/mol. The first kappa shape index (κ1) is 14.1. The molecule has 4 N–H and O–H groups in total. The van der Waals surface area contributed by atoms with Gasteiger partial charge in [0.1, 0.15) is 11.6 Å². The number of hydrogen-bond acceptors (Lipinski definition) is 5. The molecule has 1 aromatic heterocycles. The summed E-state index contributed by atoms with van der Waals surface area (Å²) in [6.45, 7) is 6.33. The predicted molar refractivity (Wildman–Crippen MR) is 85.3 cm³/mol. The molecule has 0 aliphatic heterocycles. The number of nitrogens with two attached hydrogens (primary N) is 1. The highest BCUT2D eigenvalue weighted by Gasteiger charge is 2.02. The molecule has 1 aromatic carbocycles. The standard InChI is InChI=1S/C15H21N5/c1-3-20(4-2)13-10-8-12(9-11-13)17-14-6-5-7-15(18-14)19-16/h5-11H,3-4,16H2,1-2H3,(H2,17,18,19). The largest absolute Gasteiger partial charge is 0.372 e. The van der Waals surface area contributed by atoms with Crippen molar-refractivity contribution in [1.29, 1.82) is 0 Å². The van der Waals surface area contributed by atoms with Crippen LogP contribution in [0.1, 0.15) is 13.8 Å². The number of nitrogens with one attached hydrogen (secondary N) is 2. The molecule has 0 bridgehead atoms. The van der Waals surface area contributed by atoms with E-state index in [0.29, 0.717) is 5.82 Å². The Morgan fingerprint density at radius 2 is 1.65 bits per heavy atom. The van der Waals surface area contributed by atoms with Gasteiger partial charge in [0.25, 0.3) is 0 Å². The van der Waals surface area contributed by atoms with Gasteiger partial charge < -0.3 is 15.6 Å². The van der Waals surface area contributed by atoms with E-state index in [2.05, 4.69) is 58.7 Å². The van der Waals surface area contributed by atoms with E-state index < -0.39 is 0 Å². The lowest BCUT2D eigenvalue weighted by Gasteiger charge is -2.21. The third-order valence-electron chi connectivity index (χ3n) is 3.17. The van der Waals surface area contributed by atoms with Crippen LogP contribution in [0.2, 0.25) is 0 Å². The van der Waals surface area contributed by atoms with E-state index >= 15 is 0 Å². The van der Waals surface area contributed by atoms with Crippen LogP contribution in [-0.2, 0) is 0 Å². The third-order valence-corrected chi connectivity index (χ3v) is 3.17. The highest BCUT2D eigenvalue weighted by atomic mass is 15.3. The number of nitrogen functional groups attached to an aromatic ring is 1. The maximum atomic E-state index is 5.35. The molecule has 0 fully saturated rings. The fourth-order valence-electron chi connectivity index (χ4n) is 2.08. The predicted octanol–water partition coefficient (Wildman–Crippen LogP) is 2.96. The SMILES string of the molecule is CCN(CC)c1ccc(Nc2cccc(NN)n2)cc1. The van der Waals surface area contributed by atoms with Crippen molar-refractivity contribution in [2.75, 3.05) is 28.7 Å². The minimum absolute atomic E-state index is 0.634. The van der Waals surface area contributed by atoms with Crippen molar-refractivity contribution >= 4 is 23.0 Å². The van der Waals surface area contributed by atoms with Crippen molar-refractivity contribution in [2.45, 2.75) is 13.8 Å². The van der Waals surface area contributed by atoms with Gasteiger partial charge in [-0.2, -0.15) is 0 Å². The van der Waals surface area contributed by atoms with Crippen LogP contribution in [0.5, 0.6) is 0 Å². The van der Waals surface area contributed by atoms with Crippen molar-refractivity contribution in [3.63, 3.8) is 0 Å². The van der Waals surface area contributed by atoms with Crippen LogP contribution in [0.4, 0.5) is 23.0 Å². The van der Waals surface area contributed by atoms with Gasteiger partial charge in [-0.3, -0.25) is 0 Å². The Kier molecular flexibility index (Phi) is 4.79. The maximum Gasteiger partial charge on any atom is 0.142 e. The summed E-state index contributed by atoms with van der Waals surface area (Å²) in [6, 6.07) is 13.9. The van der Waals surface area contributed by atoms with E-state index in [-0.39, 0.29) is 0 Å². The minimum Gasteiger partial charge on any atom is -0.372 e. The Balaban J connectivity index is 2.10.